The van der Waals surface area contributed by atoms with Gasteiger partial charge in [-0.3, -0.25) is 4.98 Å². The molecule has 0 saturated heterocycles. The molecule has 21 heavy (non-hydrogen) atoms. The summed E-state index contributed by atoms with van der Waals surface area (Å²) in [7, 11) is 1.66. The summed E-state index contributed by atoms with van der Waals surface area (Å²) in [6.45, 7) is 0. The average molecular weight is 347 g/mol. The van der Waals surface area contributed by atoms with Gasteiger partial charge < -0.3 is 10.5 Å². The molecule has 3 aromatic rings. The van der Waals surface area contributed by atoms with Crippen LogP contribution < -0.4 is 10.5 Å². The van der Waals surface area contributed by atoms with Gasteiger partial charge in [-0.15, -0.1) is 0 Å². The van der Waals surface area contributed by atoms with E-state index in [0.29, 0.717) is 6.42 Å². The molecule has 1 unspecified atom stereocenters. The molecule has 2 N–H and O–H groups in total. The number of rotatable bonds is 4. The van der Waals surface area contributed by atoms with E-state index in [2.05, 4.69) is 26.0 Å². The van der Waals surface area contributed by atoms with Gasteiger partial charge in [0.1, 0.15) is 5.75 Å². The molecule has 0 bridgehead atoms. The Morgan fingerprint density at radius 3 is 3.05 bits per heavy atom. The molecule has 5 nitrogen and oxygen atoms in total. The molecular formula is C15H15BrN4O. The maximum absolute atomic E-state index is 6.36. The highest BCUT2D eigenvalue weighted by Crippen LogP contribution is 2.27. The fourth-order valence-electron chi connectivity index (χ4n) is 2.32. The van der Waals surface area contributed by atoms with Gasteiger partial charge in [-0.2, -0.15) is 5.10 Å². The Balaban J connectivity index is 1.91. The maximum atomic E-state index is 6.36. The number of aromatic nitrogens is 3. The lowest BCUT2D eigenvalue weighted by molar-refractivity contribution is 0.414. The van der Waals surface area contributed by atoms with Crippen LogP contribution in [0.2, 0.25) is 0 Å². The van der Waals surface area contributed by atoms with Crippen molar-refractivity contribution in [3.05, 3.63) is 58.6 Å². The maximum Gasteiger partial charge on any atom is 0.119 e. The van der Waals surface area contributed by atoms with Gasteiger partial charge in [-0.05, 0) is 30.2 Å². The van der Waals surface area contributed by atoms with Crippen LogP contribution in [0.4, 0.5) is 0 Å². The lowest BCUT2D eigenvalue weighted by Crippen LogP contribution is -2.13. The first kappa shape index (κ1) is 14.0. The van der Waals surface area contributed by atoms with Crippen LogP contribution in [0.5, 0.6) is 5.75 Å². The predicted molar refractivity (Wildman–Crippen MR) is 84.3 cm³/mol. The standard InChI is InChI=1S/C15H15BrN4O/c1-21-11-2-3-13(16)10(6-11)7-14(17)12-8-19-20-5-4-18-9-15(12)20/h2-6,8-9,14H,7,17H2,1H3. The molecule has 0 aliphatic heterocycles. The van der Waals surface area contributed by atoms with Crippen molar-refractivity contribution in [2.45, 2.75) is 12.5 Å². The number of ether oxygens (including phenoxy) is 1. The number of nitrogens with zero attached hydrogens (tertiary/aromatic N) is 3. The van der Waals surface area contributed by atoms with Gasteiger partial charge in [-0.1, -0.05) is 15.9 Å². The SMILES string of the molecule is COc1ccc(Br)c(CC(N)c2cnn3ccncc23)c1. The van der Waals surface area contributed by atoms with Crippen molar-refractivity contribution in [2.75, 3.05) is 7.11 Å². The molecule has 0 amide bonds. The Labute approximate surface area is 130 Å². The fraction of sp³-hybridized carbons (Fsp3) is 0.200. The number of halogens is 1. The summed E-state index contributed by atoms with van der Waals surface area (Å²) in [6.07, 6.45) is 7.79. The van der Waals surface area contributed by atoms with Crippen molar-refractivity contribution in [3.8, 4) is 5.75 Å². The number of hydrogen-bond donors (Lipinski definition) is 1. The third kappa shape index (κ3) is 2.77. The largest absolute Gasteiger partial charge is 0.497 e. The quantitative estimate of drug-likeness (QED) is 0.788. The summed E-state index contributed by atoms with van der Waals surface area (Å²) in [6, 6.07) is 5.72. The molecule has 108 valence electrons. The average Bonchev–Trinajstić information content (AvgIpc) is 2.93. The first-order chi connectivity index (χ1) is 10.2. The van der Waals surface area contributed by atoms with Crippen LogP contribution in [0.1, 0.15) is 17.2 Å². The summed E-state index contributed by atoms with van der Waals surface area (Å²) in [4.78, 5) is 4.13. The van der Waals surface area contributed by atoms with Gasteiger partial charge in [0.25, 0.3) is 0 Å². The van der Waals surface area contributed by atoms with Crippen LogP contribution in [0, 0.1) is 0 Å². The Bertz CT molecular complexity index is 771. The number of fused-ring (bicyclic) bond motifs is 1. The van der Waals surface area contributed by atoms with E-state index in [1.165, 1.54) is 0 Å². The Morgan fingerprint density at radius 1 is 1.38 bits per heavy atom. The van der Waals surface area contributed by atoms with E-state index in [0.717, 1.165) is 26.9 Å². The predicted octanol–water partition coefficient (Wildman–Crippen LogP) is 2.74. The minimum absolute atomic E-state index is 0.157. The normalized spacial score (nSPS) is 12.5. The first-order valence-electron chi connectivity index (χ1n) is 6.54. The summed E-state index contributed by atoms with van der Waals surface area (Å²) in [5, 5.41) is 4.30. The molecular weight excluding hydrogens is 332 g/mol. The van der Waals surface area contributed by atoms with Crippen molar-refractivity contribution < 1.29 is 4.74 Å². The van der Waals surface area contributed by atoms with E-state index < -0.39 is 0 Å². The third-order valence-corrected chi connectivity index (χ3v) is 4.22. The number of benzene rings is 1. The zero-order valence-electron chi connectivity index (χ0n) is 11.5. The summed E-state index contributed by atoms with van der Waals surface area (Å²) in [5.74, 6) is 0.821. The van der Waals surface area contributed by atoms with Crippen molar-refractivity contribution in [1.29, 1.82) is 0 Å². The van der Waals surface area contributed by atoms with Gasteiger partial charge in [0.2, 0.25) is 0 Å². The van der Waals surface area contributed by atoms with Crippen molar-refractivity contribution >= 4 is 21.4 Å². The van der Waals surface area contributed by atoms with Crippen LogP contribution in [-0.2, 0) is 6.42 Å². The first-order valence-corrected chi connectivity index (χ1v) is 7.33. The smallest absolute Gasteiger partial charge is 0.119 e. The second-order valence-corrected chi connectivity index (χ2v) is 5.63. The molecule has 0 aliphatic rings. The Morgan fingerprint density at radius 2 is 2.24 bits per heavy atom. The summed E-state index contributed by atoms with van der Waals surface area (Å²) >= 11 is 3.56. The molecule has 2 heterocycles. The molecule has 0 spiro atoms. The lowest BCUT2D eigenvalue weighted by Gasteiger charge is -2.13. The Hall–Kier alpha value is -1.92. The zero-order valence-corrected chi connectivity index (χ0v) is 13.1. The van der Waals surface area contributed by atoms with E-state index in [-0.39, 0.29) is 6.04 Å². The van der Waals surface area contributed by atoms with Crippen molar-refractivity contribution in [3.63, 3.8) is 0 Å². The van der Waals surface area contributed by atoms with Gasteiger partial charge >= 0.3 is 0 Å². The molecule has 6 heteroatoms. The molecule has 0 radical (unpaired) electrons. The fourth-order valence-corrected chi connectivity index (χ4v) is 2.73. The molecule has 3 rings (SSSR count). The third-order valence-electron chi connectivity index (χ3n) is 3.45. The highest BCUT2D eigenvalue weighted by Gasteiger charge is 2.15. The molecule has 0 aliphatic carbocycles. The second-order valence-electron chi connectivity index (χ2n) is 4.77. The van der Waals surface area contributed by atoms with Crippen LogP contribution in [0.15, 0.2) is 47.5 Å². The van der Waals surface area contributed by atoms with Crippen molar-refractivity contribution in [2.24, 2.45) is 5.73 Å². The minimum atomic E-state index is -0.157. The number of methoxy groups -OCH3 is 1. The van der Waals surface area contributed by atoms with Gasteiger partial charge in [-0.25, -0.2) is 4.52 Å². The molecule has 1 atom stereocenters. The van der Waals surface area contributed by atoms with Gasteiger partial charge in [0.15, 0.2) is 0 Å². The van der Waals surface area contributed by atoms with Crippen LogP contribution >= 0.6 is 15.9 Å². The summed E-state index contributed by atoms with van der Waals surface area (Å²) in [5.41, 5.74) is 9.38. The molecule has 1 aromatic carbocycles. The highest BCUT2D eigenvalue weighted by molar-refractivity contribution is 9.10. The van der Waals surface area contributed by atoms with Crippen LogP contribution in [0.3, 0.4) is 0 Å². The topological polar surface area (TPSA) is 65.4 Å². The number of nitrogens with two attached hydrogens (primary N) is 1. The van der Waals surface area contributed by atoms with E-state index in [9.17, 15) is 0 Å². The van der Waals surface area contributed by atoms with E-state index >= 15 is 0 Å². The molecule has 0 saturated carbocycles. The van der Waals surface area contributed by atoms with Crippen molar-refractivity contribution in [1.82, 2.24) is 14.6 Å². The zero-order chi connectivity index (χ0) is 14.8. The van der Waals surface area contributed by atoms with E-state index in [4.69, 9.17) is 10.5 Å². The van der Waals surface area contributed by atoms with Gasteiger partial charge in [0.05, 0.1) is 25.0 Å². The second kappa shape index (κ2) is 5.83. The van der Waals surface area contributed by atoms with Gasteiger partial charge in [0, 0.05) is 28.5 Å². The van der Waals surface area contributed by atoms with Crippen LogP contribution in [0.25, 0.3) is 5.52 Å². The van der Waals surface area contributed by atoms with E-state index in [1.54, 1.807) is 30.2 Å². The number of hydrogen-bond acceptors (Lipinski definition) is 4. The van der Waals surface area contributed by atoms with Crippen LogP contribution in [-0.4, -0.2) is 21.7 Å². The highest BCUT2D eigenvalue weighted by atomic mass is 79.9. The Kier molecular flexibility index (Phi) is 3.90. The minimum Gasteiger partial charge on any atom is -0.497 e. The summed E-state index contributed by atoms with van der Waals surface area (Å²) < 4.78 is 8.07. The van der Waals surface area contributed by atoms with E-state index in [1.807, 2.05) is 24.4 Å². The molecule has 0 fully saturated rings. The monoisotopic (exact) mass is 346 g/mol. The molecule has 2 aromatic heterocycles. The lowest BCUT2D eigenvalue weighted by atomic mass is 10.0.